The number of hydrogen-bond acceptors (Lipinski definition) is 1. The van der Waals surface area contributed by atoms with E-state index in [2.05, 4.69) is 31.9 Å². The monoisotopic (exact) mass is 450 g/mol. The summed E-state index contributed by atoms with van der Waals surface area (Å²) in [5.41, 5.74) is 3.97. The van der Waals surface area contributed by atoms with E-state index in [0.717, 1.165) is 36.9 Å². The van der Waals surface area contributed by atoms with Crippen molar-refractivity contribution in [3.05, 3.63) is 60.5 Å². The summed E-state index contributed by atoms with van der Waals surface area (Å²) in [5, 5.41) is 0.298. The fourth-order valence-electron chi connectivity index (χ4n) is 2.32. The highest BCUT2D eigenvalue weighted by atomic mass is 79.9. The molecule has 2 aromatic carbocycles. The maximum Gasteiger partial charge on any atom is 0.127 e. The summed E-state index contributed by atoms with van der Waals surface area (Å²) in [5.74, 6) is 0.808. The first-order valence-corrected chi connectivity index (χ1v) is 8.69. The molecule has 1 unspecified atom stereocenters. The molecule has 0 aliphatic rings. The standard InChI is InChI=1S/C16H14Br2Cl2O/c1-8-6-13(18)9(2)14(16(8)21-3)15(20)11-7-10(19)4-5-12(11)17/h4-7,15H,1-3H3. The van der Waals surface area contributed by atoms with Gasteiger partial charge in [0, 0.05) is 19.5 Å². The average Bonchev–Trinajstić information content (AvgIpc) is 2.44. The molecule has 0 saturated heterocycles. The third-order valence-corrected chi connectivity index (χ3v) is 5.63. The molecule has 0 radical (unpaired) electrons. The first kappa shape index (κ1) is 17.1. The number of hydrogen-bond donors (Lipinski definition) is 0. The fraction of sp³-hybridized carbons (Fsp3) is 0.250. The highest BCUT2D eigenvalue weighted by molar-refractivity contribution is 9.10. The van der Waals surface area contributed by atoms with Gasteiger partial charge in [-0.05, 0) is 54.8 Å². The van der Waals surface area contributed by atoms with E-state index in [1.165, 1.54) is 0 Å². The van der Waals surface area contributed by atoms with Gasteiger partial charge in [0.2, 0.25) is 0 Å². The van der Waals surface area contributed by atoms with Crippen LogP contribution in [0.5, 0.6) is 5.75 Å². The van der Waals surface area contributed by atoms with Crippen LogP contribution < -0.4 is 4.74 Å². The summed E-state index contributed by atoms with van der Waals surface area (Å²) in [6.45, 7) is 4.03. The summed E-state index contributed by atoms with van der Waals surface area (Å²) in [4.78, 5) is 0. The fourth-order valence-corrected chi connectivity index (χ4v) is 4.10. The van der Waals surface area contributed by atoms with Gasteiger partial charge >= 0.3 is 0 Å². The third-order valence-electron chi connectivity index (χ3n) is 3.40. The lowest BCUT2D eigenvalue weighted by molar-refractivity contribution is 0.406. The van der Waals surface area contributed by atoms with E-state index in [0.29, 0.717) is 5.02 Å². The lowest BCUT2D eigenvalue weighted by Gasteiger charge is -2.21. The molecule has 2 aromatic rings. The second-order valence-corrected chi connectivity index (χ2v) is 7.36. The molecular weight excluding hydrogens is 439 g/mol. The van der Waals surface area contributed by atoms with Crippen LogP contribution in [0.15, 0.2) is 33.2 Å². The summed E-state index contributed by atoms with van der Waals surface area (Å²) in [6.07, 6.45) is 0. The molecule has 0 amide bonds. The lowest BCUT2D eigenvalue weighted by atomic mass is 9.96. The number of ether oxygens (including phenoxy) is 1. The van der Waals surface area contributed by atoms with Crippen LogP contribution in [0.2, 0.25) is 5.02 Å². The number of alkyl halides is 1. The van der Waals surface area contributed by atoms with Gasteiger partial charge in [0.1, 0.15) is 5.75 Å². The van der Waals surface area contributed by atoms with Crippen LogP contribution in [0.1, 0.15) is 27.6 Å². The summed E-state index contributed by atoms with van der Waals surface area (Å²) >= 11 is 20.0. The van der Waals surface area contributed by atoms with Crippen molar-refractivity contribution in [1.82, 2.24) is 0 Å². The Balaban J connectivity index is 2.68. The quantitative estimate of drug-likeness (QED) is 0.464. The number of methoxy groups -OCH3 is 1. The summed E-state index contributed by atoms with van der Waals surface area (Å²) in [6, 6.07) is 7.64. The molecule has 0 N–H and O–H groups in total. The maximum atomic E-state index is 6.75. The van der Waals surface area contributed by atoms with Gasteiger partial charge in [-0.25, -0.2) is 0 Å². The van der Waals surface area contributed by atoms with Crippen LogP contribution >= 0.6 is 55.1 Å². The molecule has 0 fully saturated rings. The van der Waals surface area contributed by atoms with Crippen LogP contribution in [0.3, 0.4) is 0 Å². The lowest BCUT2D eigenvalue weighted by Crippen LogP contribution is -2.04. The Labute approximate surface area is 151 Å². The Morgan fingerprint density at radius 3 is 2.38 bits per heavy atom. The molecule has 0 aromatic heterocycles. The van der Waals surface area contributed by atoms with Crippen molar-refractivity contribution in [3.63, 3.8) is 0 Å². The van der Waals surface area contributed by atoms with E-state index in [9.17, 15) is 0 Å². The molecule has 112 valence electrons. The van der Waals surface area contributed by atoms with Crippen LogP contribution in [-0.2, 0) is 0 Å². The van der Waals surface area contributed by atoms with Crippen molar-refractivity contribution < 1.29 is 4.74 Å². The van der Waals surface area contributed by atoms with Gasteiger partial charge in [-0.1, -0.05) is 43.5 Å². The van der Waals surface area contributed by atoms with Crippen molar-refractivity contribution >= 4 is 55.1 Å². The van der Waals surface area contributed by atoms with E-state index in [-0.39, 0.29) is 5.38 Å². The first-order chi connectivity index (χ1) is 9.86. The van der Waals surface area contributed by atoms with Gasteiger partial charge in [0.25, 0.3) is 0 Å². The molecule has 0 aliphatic heterocycles. The molecule has 0 bridgehead atoms. The minimum absolute atomic E-state index is 0.357. The van der Waals surface area contributed by atoms with Crippen molar-refractivity contribution in [2.45, 2.75) is 19.2 Å². The van der Waals surface area contributed by atoms with Crippen LogP contribution in [-0.4, -0.2) is 7.11 Å². The zero-order valence-corrected chi connectivity index (χ0v) is 16.5. The third kappa shape index (κ3) is 3.42. The van der Waals surface area contributed by atoms with Crippen molar-refractivity contribution in [1.29, 1.82) is 0 Å². The predicted molar refractivity (Wildman–Crippen MR) is 97.0 cm³/mol. The predicted octanol–water partition coefficient (Wildman–Crippen LogP) is 6.82. The maximum absolute atomic E-state index is 6.75. The molecule has 0 heterocycles. The SMILES string of the molecule is COc1c(C)cc(Br)c(C)c1C(Cl)c1cc(Cl)ccc1Br. The van der Waals surface area contributed by atoms with Gasteiger partial charge in [-0.3, -0.25) is 0 Å². The molecule has 21 heavy (non-hydrogen) atoms. The smallest absolute Gasteiger partial charge is 0.127 e. The molecule has 5 heteroatoms. The molecule has 1 atom stereocenters. The van der Waals surface area contributed by atoms with Crippen molar-refractivity contribution in [2.75, 3.05) is 7.11 Å². The van der Waals surface area contributed by atoms with E-state index in [1.807, 2.05) is 38.1 Å². The molecule has 1 nitrogen and oxygen atoms in total. The first-order valence-electron chi connectivity index (χ1n) is 6.29. The zero-order valence-electron chi connectivity index (χ0n) is 11.8. The number of aryl methyl sites for hydroxylation is 1. The van der Waals surface area contributed by atoms with Crippen LogP contribution in [0, 0.1) is 13.8 Å². The van der Waals surface area contributed by atoms with Crippen molar-refractivity contribution in [2.24, 2.45) is 0 Å². The van der Waals surface area contributed by atoms with E-state index < -0.39 is 0 Å². The normalized spacial score (nSPS) is 12.3. The Hall–Kier alpha value is -0.220. The Bertz CT molecular complexity index is 686. The van der Waals surface area contributed by atoms with Crippen LogP contribution in [0.25, 0.3) is 0 Å². The number of halogens is 4. The Kier molecular flexibility index (Phi) is 5.64. The van der Waals surface area contributed by atoms with Gasteiger partial charge in [-0.2, -0.15) is 0 Å². The summed E-state index contributed by atoms with van der Waals surface area (Å²) < 4.78 is 7.51. The largest absolute Gasteiger partial charge is 0.496 e. The molecule has 0 saturated carbocycles. The van der Waals surface area contributed by atoms with Gasteiger partial charge < -0.3 is 4.74 Å². The van der Waals surface area contributed by atoms with E-state index in [4.69, 9.17) is 27.9 Å². The summed E-state index contributed by atoms with van der Waals surface area (Å²) in [7, 11) is 1.66. The van der Waals surface area contributed by atoms with E-state index >= 15 is 0 Å². The molecule has 2 rings (SSSR count). The zero-order chi connectivity index (χ0) is 15.7. The highest BCUT2D eigenvalue weighted by Crippen LogP contribution is 2.44. The van der Waals surface area contributed by atoms with Crippen LogP contribution in [0.4, 0.5) is 0 Å². The van der Waals surface area contributed by atoms with Crippen molar-refractivity contribution in [3.8, 4) is 5.75 Å². The van der Waals surface area contributed by atoms with Gasteiger partial charge in [0.15, 0.2) is 0 Å². The van der Waals surface area contributed by atoms with Gasteiger partial charge in [-0.15, -0.1) is 11.6 Å². The Morgan fingerprint density at radius 2 is 1.76 bits per heavy atom. The average molecular weight is 453 g/mol. The Morgan fingerprint density at radius 1 is 1.10 bits per heavy atom. The second-order valence-electron chi connectivity index (χ2n) is 4.78. The van der Waals surface area contributed by atoms with E-state index in [1.54, 1.807) is 7.11 Å². The highest BCUT2D eigenvalue weighted by Gasteiger charge is 2.23. The number of rotatable bonds is 3. The topological polar surface area (TPSA) is 9.23 Å². The number of benzene rings is 2. The minimum atomic E-state index is -0.357. The minimum Gasteiger partial charge on any atom is -0.496 e. The molecule has 0 spiro atoms. The molecular formula is C16H14Br2Cl2O. The molecule has 0 aliphatic carbocycles. The second kappa shape index (κ2) is 6.91. The van der Waals surface area contributed by atoms with Gasteiger partial charge in [0.05, 0.1) is 12.5 Å².